The van der Waals surface area contributed by atoms with Crippen molar-refractivity contribution in [3.8, 4) is 5.75 Å². The molecule has 6 nitrogen and oxygen atoms in total. The Balaban J connectivity index is 1.36. The fourth-order valence-electron chi connectivity index (χ4n) is 5.23. The molecule has 2 N–H and O–H groups in total. The Morgan fingerprint density at radius 2 is 1.79 bits per heavy atom. The van der Waals surface area contributed by atoms with Gasteiger partial charge in [0.1, 0.15) is 11.6 Å². The average molecular weight is 535 g/mol. The third-order valence-electron chi connectivity index (χ3n) is 7.55. The molecule has 2 aromatic carbocycles. The van der Waals surface area contributed by atoms with Crippen molar-refractivity contribution < 1.29 is 37.3 Å². The lowest BCUT2D eigenvalue weighted by Gasteiger charge is -2.39. The minimum absolute atomic E-state index is 0.0568. The van der Waals surface area contributed by atoms with Crippen LogP contribution in [0.2, 0.25) is 0 Å². The summed E-state index contributed by atoms with van der Waals surface area (Å²) in [5, 5.41) is 21.4. The van der Waals surface area contributed by atoms with Crippen LogP contribution in [-0.2, 0) is 11.2 Å². The Bertz CT molecular complexity index is 1290. The highest BCUT2D eigenvalue weighted by Gasteiger charge is 2.41. The molecule has 10 heteroatoms. The molecule has 1 unspecified atom stereocenters. The number of halogens is 4. The second-order valence-electron chi connectivity index (χ2n) is 9.86. The first kappa shape index (κ1) is 27.8. The number of benzene rings is 2. The highest BCUT2D eigenvalue weighted by Crippen LogP contribution is 2.40. The number of aryl methyl sites for hydroxylation is 1. The van der Waals surface area contributed by atoms with E-state index in [-0.39, 0.29) is 18.4 Å². The number of aromatic nitrogens is 1. The molecule has 4 rings (SSSR count). The molecule has 1 fully saturated rings. The van der Waals surface area contributed by atoms with Crippen molar-refractivity contribution in [2.75, 3.05) is 26.7 Å². The molecule has 3 aromatic rings. The second-order valence-corrected chi connectivity index (χ2v) is 9.86. The van der Waals surface area contributed by atoms with Gasteiger partial charge in [-0.1, -0.05) is 0 Å². The van der Waals surface area contributed by atoms with Crippen LogP contribution < -0.4 is 4.74 Å². The van der Waals surface area contributed by atoms with Crippen molar-refractivity contribution in [3.63, 3.8) is 0 Å². The van der Waals surface area contributed by atoms with Gasteiger partial charge in [0.25, 0.3) is 0 Å². The van der Waals surface area contributed by atoms with E-state index in [4.69, 9.17) is 4.74 Å². The molecule has 0 amide bonds. The minimum atomic E-state index is -1.49. The fourth-order valence-corrected chi connectivity index (χ4v) is 5.23. The Labute approximate surface area is 217 Å². The number of aliphatic hydroxyl groups excluding tert-OH is 1. The number of likely N-dealkylation sites (tertiary alicyclic amines) is 1. The van der Waals surface area contributed by atoms with Gasteiger partial charge in [0.05, 0.1) is 30.3 Å². The maximum Gasteiger partial charge on any atom is 0.309 e. The quantitative estimate of drug-likeness (QED) is 0.267. The summed E-state index contributed by atoms with van der Waals surface area (Å²) in [6, 6.07) is 6.93. The largest absolute Gasteiger partial charge is 0.497 e. The first-order valence-electron chi connectivity index (χ1n) is 12.5. The number of piperidine rings is 1. The number of carboxylic acid groups (broad SMARTS) is 1. The summed E-state index contributed by atoms with van der Waals surface area (Å²) in [6.07, 6.45) is 1.68. The van der Waals surface area contributed by atoms with Gasteiger partial charge in [-0.25, -0.2) is 17.6 Å². The van der Waals surface area contributed by atoms with Gasteiger partial charge in [0.2, 0.25) is 0 Å². The number of aliphatic carboxylic acids is 1. The van der Waals surface area contributed by atoms with Crippen LogP contribution in [0.4, 0.5) is 17.6 Å². The highest BCUT2D eigenvalue weighted by atomic mass is 19.2. The number of aliphatic hydroxyl groups is 1. The lowest BCUT2D eigenvalue weighted by molar-refractivity contribution is -0.153. The lowest BCUT2D eigenvalue weighted by Crippen LogP contribution is -2.44. The molecular weight excluding hydrogens is 504 g/mol. The van der Waals surface area contributed by atoms with Gasteiger partial charge in [-0.3, -0.25) is 9.78 Å². The molecular formula is C28H30F4N2O4. The van der Waals surface area contributed by atoms with Crippen LogP contribution in [0.5, 0.6) is 5.75 Å². The van der Waals surface area contributed by atoms with E-state index in [0.29, 0.717) is 67.5 Å². The number of hydrogen-bond acceptors (Lipinski definition) is 5. The van der Waals surface area contributed by atoms with E-state index >= 15 is 0 Å². The zero-order valence-corrected chi connectivity index (χ0v) is 21.0. The van der Waals surface area contributed by atoms with Crippen LogP contribution >= 0.6 is 0 Å². The van der Waals surface area contributed by atoms with Crippen LogP contribution in [0, 0.1) is 28.7 Å². The highest BCUT2D eigenvalue weighted by molar-refractivity contribution is 5.84. The van der Waals surface area contributed by atoms with Gasteiger partial charge in [0, 0.05) is 10.9 Å². The Kier molecular flexibility index (Phi) is 8.52. The number of carboxylic acids is 1. The zero-order valence-electron chi connectivity index (χ0n) is 21.0. The summed E-state index contributed by atoms with van der Waals surface area (Å²) in [5.74, 6) is -5.06. The SMILES string of the molecule is COc1ccc2ncc(F)c(C(O)CCC3(C(=O)O)CCN(CCCc4cc(F)c(F)c(F)c4)CC3)c2c1. The van der Waals surface area contributed by atoms with Gasteiger partial charge >= 0.3 is 5.97 Å². The third-order valence-corrected chi connectivity index (χ3v) is 7.55. The minimum Gasteiger partial charge on any atom is -0.497 e. The summed E-state index contributed by atoms with van der Waals surface area (Å²) >= 11 is 0. The maximum atomic E-state index is 14.7. The monoisotopic (exact) mass is 534 g/mol. The number of carbonyl (C=O) groups is 1. The molecule has 0 aliphatic carbocycles. The summed E-state index contributed by atoms with van der Waals surface area (Å²) in [4.78, 5) is 18.4. The molecule has 1 saturated heterocycles. The molecule has 0 saturated carbocycles. The third kappa shape index (κ3) is 5.91. The molecule has 0 spiro atoms. The van der Waals surface area contributed by atoms with E-state index in [0.717, 1.165) is 18.3 Å². The van der Waals surface area contributed by atoms with Gasteiger partial charge in [-0.2, -0.15) is 0 Å². The van der Waals surface area contributed by atoms with E-state index in [9.17, 15) is 32.6 Å². The molecule has 0 radical (unpaired) electrons. The van der Waals surface area contributed by atoms with Crippen LogP contribution in [0.1, 0.15) is 49.3 Å². The van der Waals surface area contributed by atoms with Gasteiger partial charge in [0.15, 0.2) is 17.5 Å². The smallest absolute Gasteiger partial charge is 0.309 e. The summed E-state index contributed by atoms with van der Waals surface area (Å²) < 4.78 is 59.9. The number of hydrogen-bond donors (Lipinski definition) is 2. The number of ether oxygens (including phenoxy) is 1. The van der Waals surface area contributed by atoms with Crippen molar-refractivity contribution in [2.24, 2.45) is 5.41 Å². The van der Waals surface area contributed by atoms with E-state index < -0.39 is 40.8 Å². The van der Waals surface area contributed by atoms with Crippen LogP contribution in [0.3, 0.4) is 0 Å². The van der Waals surface area contributed by atoms with E-state index in [1.165, 1.54) is 7.11 Å². The fraction of sp³-hybridized carbons (Fsp3) is 0.429. The van der Waals surface area contributed by atoms with Crippen molar-refractivity contribution in [1.82, 2.24) is 9.88 Å². The Hall–Kier alpha value is -3.24. The molecule has 1 atom stereocenters. The van der Waals surface area contributed by atoms with Gasteiger partial charge in [-0.05, 0) is 94.1 Å². The molecule has 1 aliphatic rings. The Morgan fingerprint density at radius 3 is 2.42 bits per heavy atom. The summed E-state index contributed by atoms with van der Waals surface area (Å²) in [6.45, 7) is 1.59. The molecule has 0 bridgehead atoms. The first-order valence-corrected chi connectivity index (χ1v) is 12.5. The van der Waals surface area contributed by atoms with Crippen LogP contribution in [-0.4, -0.2) is 52.8 Å². The summed E-state index contributed by atoms with van der Waals surface area (Å²) in [7, 11) is 1.48. The Morgan fingerprint density at radius 1 is 1.11 bits per heavy atom. The number of methoxy groups -OCH3 is 1. The standard InChI is InChI=1S/C28H30F4N2O4/c1-38-18-4-5-23-19(15-18)25(22(31)16-33-23)24(35)6-7-28(27(36)37)8-11-34(12-9-28)10-2-3-17-13-20(29)26(32)21(30)14-17/h4-5,13-16,24,35H,2-3,6-12H2,1H3,(H,36,37). The van der Waals surface area contributed by atoms with E-state index in [1.54, 1.807) is 18.2 Å². The topological polar surface area (TPSA) is 82.9 Å². The van der Waals surface area contributed by atoms with Crippen molar-refractivity contribution >= 4 is 16.9 Å². The number of fused-ring (bicyclic) bond motifs is 1. The average Bonchev–Trinajstić information content (AvgIpc) is 2.90. The maximum absolute atomic E-state index is 14.7. The molecule has 1 aromatic heterocycles. The molecule has 1 aliphatic heterocycles. The van der Waals surface area contributed by atoms with Gasteiger partial charge in [-0.15, -0.1) is 0 Å². The van der Waals surface area contributed by atoms with E-state index in [1.807, 2.05) is 0 Å². The molecule has 38 heavy (non-hydrogen) atoms. The van der Waals surface area contributed by atoms with Crippen molar-refractivity contribution in [2.45, 2.75) is 44.6 Å². The van der Waals surface area contributed by atoms with E-state index in [2.05, 4.69) is 9.88 Å². The lowest BCUT2D eigenvalue weighted by atomic mass is 9.74. The zero-order chi connectivity index (χ0) is 27.4. The number of nitrogens with zero attached hydrogens (tertiary/aromatic N) is 2. The second kappa shape index (κ2) is 11.7. The number of pyridine rings is 1. The first-order chi connectivity index (χ1) is 18.1. The van der Waals surface area contributed by atoms with Crippen molar-refractivity contribution in [3.05, 3.63) is 70.9 Å². The predicted molar refractivity (Wildman–Crippen MR) is 133 cm³/mol. The summed E-state index contributed by atoms with van der Waals surface area (Å²) in [5.41, 5.74) is -0.132. The molecule has 2 heterocycles. The number of rotatable bonds is 10. The van der Waals surface area contributed by atoms with Crippen LogP contribution in [0.25, 0.3) is 10.9 Å². The van der Waals surface area contributed by atoms with Gasteiger partial charge < -0.3 is 19.8 Å². The van der Waals surface area contributed by atoms with Crippen molar-refractivity contribution in [1.29, 1.82) is 0 Å². The molecule has 204 valence electrons. The van der Waals surface area contributed by atoms with Crippen LogP contribution in [0.15, 0.2) is 36.5 Å². The predicted octanol–water partition coefficient (Wildman–Crippen LogP) is 5.41. The normalized spacial score (nSPS) is 16.5.